The number of hydrogen-bond acceptors (Lipinski definition) is 2. The van der Waals surface area contributed by atoms with E-state index in [9.17, 15) is 18.0 Å². The molecule has 0 aromatic carbocycles. The second kappa shape index (κ2) is 6.23. The molecule has 3 N–H and O–H groups in total. The van der Waals surface area contributed by atoms with Gasteiger partial charge in [-0.05, 0) is 11.8 Å². The highest BCUT2D eigenvalue weighted by Crippen LogP contribution is 2.21. The van der Waals surface area contributed by atoms with Gasteiger partial charge in [-0.3, -0.25) is 4.79 Å². The largest absolute Gasteiger partial charge is 0.389 e. The fourth-order valence-electron chi connectivity index (χ4n) is 1.45. The van der Waals surface area contributed by atoms with Gasteiger partial charge < -0.3 is 11.1 Å². The number of hydrogen-bond donors (Lipinski definition) is 2. The average molecular weight is 254 g/mol. The highest BCUT2D eigenvalue weighted by molar-refractivity contribution is 5.75. The Morgan fingerprint density at radius 3 is 2.24 bits per heavy atom. The first-order valence-corrected chi connectivity index (χ1v) is 5.59. The van der Waals surface area contributed by atoms with Crippen LogP contribution in [-0.4, -0.2) is 24.7 Å². The fourth-order valence-corrected chi connectivity index (χ4v) is 1.45. The predicted molar refractivity (Wildman–Crippen MR) is 60.3 cm³/mol. The van der Waals surface area contributed by atoms with Crippen LogP contribution < -0.4 is 11.1 Å². The van der Waals surface area contributed by atoms with Gasteiger partial charge in [0.15, 0.2) is 0 Å². The van der Waals surface area contributed by atoms with E-state index in [-0.39, 0.29) is 18.0 Å². The van der Waals surface area contributed by atoms with Crippen molar-refractivity contribution in [1.29, 1.82) is 0 Å². The van der Waals surface area contributed by atoms with Crippen LogP contribution in [0.15, 0.2) is 0 Å². The van der Waals surface area contributed by atoms with Crippen LogP contribution >= 0.6 is 0 Å². The van der Waals surface area contributed by atoms with Crippen LogP contribution in [0.2, 0.25) is 0 Å². The molecular weight excluding hydrogens is 233 g/mol. The van der Waals surface area contributed by atoms with Gasteiger partial charge in [0.05, 0.1) is 6.42 Å². The molecule has 0 radical (unpaired) electrons. The van der Waals surface area contributed by atoms with E-state index in [0.717, 1.165) is 0 Å². The Hall–Kier alpha value is -0.780. The van der Waals surface area contributed by atoms with Gasteiger partial charge in [-0.25, -0.2) is 0 Å². The standard InChI is InChI=1S/C11H21F3N2O/c1-10(2,3)6-8(15)7-16-9(17)4-5-11(12,13)14/h8H,4-7,15H2,1-3H3,(H,16,17). The summed E-state index contributed by atoms with van der Waals surface area (Å²) in [5.74, 6) is -0.605. The van der Waals surface area contributed by atoms with Crippen LogP contribution in [0.25, 0.3) is 0 Å². The topological polar surface area (TPSA) is 55.1 Å². The zero-order valence-electron chi connectivity index (χ0n) is 10.5. The van der Waals surface area contributed by atoms with Gasteiger partial charge in [0.25, 0.3) is 0 Å². The van der Waals surface area contributed by atoms with Gasteiger partial charge in [0.1, 0.15) is 0 Å². The summed E-state index contributed by atoms with van der Waals surface area (Å²) in [4.78, 5) is 11.1. The molecule has 0 aliphatic heterocycles. The Morgan fingerprint density at radius 2 is 1.82 bits per heavy atom. The third-order valence-electron chi connectivity index (χ3n) is 2.07. The molecular formula is C11H21F3N2O. The van der Waals surface area contributed by atoms with Crippen molar-refractivity contribution in [2.75, 3.05) is 6.54 Å². The second-order valence-corrected chi connectivity index (χ2v) is 5.44. The highest BCUT2D eigenvalue weighted by Gasteiger charge is 2.27. The maximum atomic E-state index is 11.8. The molecule has 0 spiro atoms. The number of alkyl halides is 3. The molecule has 0 aliphatic rings. The lowest BCUT2D eigenvalue weighted by Crippen LogP contribution is -2.39. The van der Waals surface area contributed by atoms with Crippen LogP contribution in [0.5, 0.6) is 0 Å². The van der Waals surface area contributed by atoms with E-state index in [2.05, 4.69) is 5.32 Å². The molecule has 3 nitrogen and oxygen atoms in total. The first-order valence-electron chi connectivity index (χ1n) is 5.59. The Morgan fingerprint density at radius 1 is 1.29 bits per heavy atom. The summed E-state index contributed by atoms with van der Waals surface area (Å²) in [5.41, 5.74) is 5.79. The molecule has 1 atom stereocenters. The second-order valence-electron chi connectivity index (χ2n) is 5.44. The van der Waals surface area contributed by atoms with Gasteiger partial charge in [0, 0.05) is 19.0 Å². The molecule has 0 saturated heterocycles. The van der Waals surface area contributed by atoms with Crippen molar-refractivity contribution in [3.63, 3.8) is 0 Å². The van der Waals surface area contributed by atoms with Gasteiger partial charge in [-0.2, -0.15) is 13.2 Å². The van der Waals surface area contributed by atoms with Crippen molar-refractivity contribution in [1.82, 2.24) is 5.32 Å². The summed E-state index contributed by atoms with van der Waals surface area (Å²) in [6.07, 6.45) is -5.21. The first kappa shape index (κ1) is 16.2. The Balaban J connectivity index is 3.78. The lowest BCUT2D eigenvalue weighted by atomic mass is 9.88. The number of amides is 1. The number of nitrogens with two attached hydrogens (primary N) is 1. The molecule has 6 heteroatoms. The van der Waals surface area contributed by atoms with E-state index in [4.69, 9.17) is 5.73 Å². The lowest BCUT2D eigenvalue weighted by molar-refractivity contribution is -0.144. The van der Waals surface area contributed by atoms with E-state index >= 15 is 0 Å². The molecule has 0 aromatic heterocycles. The van der Waals surface area contributed by atoms with Crippen molar-refractivity contribution >= 4 is 5.91 Å². The van der Waals surface area contributed by atoms with E-state index in [1.165, 1.54) is 0 Å². The molecule has 17 heavy (non-hydrogen) atoms. The molecule has 102 valence electrons. The molecule has 0 fully saturated rings. The SMILES string of the molecule is CC(C)(C)CC(N)CNC(=O)CCC(F)(F)F. The zero-order chi connectivity index (χ0) is 13.7. The normalized spacial score (nSPS) is 14.5. The monoisotopic (exact) mass is 254 g/mol. The fraction of sp³-hybridized carbons (Fsp3) is 0.909. The Kier molecular flexibility index (Phi) is 5.95. The van der Waals surface area contributed by atoms with Crippen LogP contribution in [0, 0.1) is 5.41 Å². The highest BCUT2D eigenvalue weighted by atomic mass is 19.4. The van der Waals surface area contributed by atoms with Crippen LogP contribution in [-0.2, 0) is 4.79 Å². The number of nitrogens with one attached hydrogen (secondary N) is 1. The first-order chi connectivity index (χ1) is 7.49. The van der Waals surface area contributed by atoms with Gasteiger partial charge in [-0.15, -0.1) is 0 Å². The van der Waals surface area contributed by atoms with Gasteiger partial charge in [-0.1, -0.05) is 20.8 Å². The van der Waals surface area contributed by atoms with Crippen LogP contribution in [0.1, 0.15) is 40.0 Å². The minimum Gasteiger partial charge on any atom is -0.355 e. The summed E-state index contributed by atoms with van der Waals surface area (Å²) in [6, 6.07) is -0.232. The van der Waals surface area contributed by atoms with Crippen LogP contribution in [0.4, 0.5) is 13.2 Å². The predicted octanol–water partition coefficient (Wildman–Crippen LogP) is 2.21. The summed E-state index contributed by atoms with van der Waals surface area (Å²) in [6.45, 7) is 6.25. The molecule has 0 aliphatic carbocycles. The quantitative estimate of drug-likeness (QED) is 0.790. The van der Waals surface area contributed by atoms with Crippen molar-refractivity contribution in [3.8, 4) is 0 Å². The molecule has 0 aromatic rings. The maximum absolute atomic E-state index is 11.8. The molecule has 1 amide bonds. The lowest BCUT2D eigenvalue weighted by Gasteiger charge is -2.23. The minimum atomic E-state index is -4.29. The van der Waals surface area contributed by atoms with E-state index in [1.54, 1.807) is 0 Å². The number of halogens is 3. The van der Waals surface area contributed by atoms with Crippen molar-refractivity contribution in [2.45, 2.75) is 52.3 Å². The third kappa shape index (κ3) is 11.5. The molecule has 0 rings (SSSR count). The van der Waals surface area contributed by atoms with Gasteiger partial charge in [0.2, 0.25) is 5.91 Å². The maximum Gasteiger partial charge on any atom is 0.389 e. The van der Waals surface area contributed by atoms with Crippen LogP contribution in [0.3, 0.4) is 0 Å². The molecule has 0 bridgehead atoms. The average Bonchev–Trinajstić information content (AvgIpc) is 2.07. The number of rotatable bonds is 5. The minimum absolute atomic E-state index is 0.0378. The zero-order valence-corrected chi connectivity index (χ0v) is 10.5. The Bertz CT molecular complexity index is 246. The molecule has 0 heterocycles. The summed E-state index contributed by atoms with van der Waals surface area (Å²) < 4.78 is 35.5. The van der Waals surface area contributed by atoms with Crippen molar-refractivity contribution < 1.29 is 18.0 Å². The van der Waals surface area contributed by atoms with Crippen molar-refractivity contribution in [2.24, 2.45) is 11.1 Å². The van der Waals surface area contributed by atoms with E-state index in [0.29, 0.717) is 6.42 Å². The smallest absolute Gasteiger partial charge is 0.355 e. The van der Waals surface area contributed by atoms with E-state index in [1.807, 2.05) is 20.8 Å². The summed E-state index contributed by atoms with van der Waals surface area (Å²) in [5, 5.41) is 2.41. The number of carbonyl (C=O) groups excluding carboxylic acids is 1. The van der Waals surface area contributed by atoms with Crippen molar-refractivity contribution in [3.05, 3.63) is 0 Å². The third-order valence-corrected chi connectivity index (χ3v) is 2.07. The van der Waals surface area contributed by atoms with Gasteiger partial charge >= 0.3 is 6.18 Å². The Labute approximate surface area is 99.9 Å². The molecule has 1 unspecified atom stereocenters. The number of carbonyl (C=O) groups is 1. The summed E-state index contributed by atoms with van der Waals surface area (Å²) >= 11 is 0. The van der Waals surface area contributed by atoms with E-state index < -0.39 is 24.9 Å². The summed E-state index contributed by atoms with van der Waals surface area (Å²) in [7, 11) is 0. The molecule has 0 saturated carbocycles.